The van der Waals surface area contributed by atoms with E-state index in [1.807, 2.05) is 0 Å². The highest BCUT2D eigenvalue weighted by molar-refractivity contribution is 6.30. The molecular weight excluding hydrogens is 334 g/mol. The first kappa shape index (κ1) is 16.3. The molecule has 8 heteroatoms. The molecule has 1 aromatic carbocycles. The van der Waals surface area contributed by atoms with Crippen molar-refractivity contribution in [3.05, 3.63) is 55.8 Å². The second-order valence-corrected chi connectivity index (χ2v) is 6.19. The van der Waals surface area contributed by atoms with E-state index in [0.717, 1.165) is 10.1 Å². The normalized spacial score (nSPS) is 16.2. The summed E-state index contributed by atoms with van der Waals surface area (Å²) in [5.74, 6) is -0.0734. The minimum atomic E-state index is -0.549. The quantitative estimate of drug-likeness (QED) is 0.874. The summed E-state index contributed by atoms with van der Waals surface area (Å²) in [6.45, 7) is 0.215. The molecule has 1 aliphatic heterocycles. The van der Waals surface area contributed by atoms with Crippen LogP contribution in [-0.4, -0.2) is 21.6 Å². The molecule has 1 N–H and O–H groups in total. The first-order valence-electron chi connectivity index (χ1n) is 7.35. The zero-order valence-electron chi connectivity index (χ0n) is 13.2. The van der Waals surface area contributed by atoms with Gasteiger partial charge in [0.25, 0.3) is 5.56 Å². The van der Waals surface area contributed by atoms with Crippen molar-refractivity contribution in [3.63, 3.8) is 0 Å². The van der Waals surface area contributed by atoms with Crippen LogP contribution in [0.3, 0.4) is 0 Å². The number of nitrogens with one attached hydrogen (secondary N) is 1. The van der Waals surface area contributed by atoms with Gasteiger partial charge in [0.15, 0.2) is 0 Å². The van der Waals surface area contributed by atoms with Crippen LogP contribution in [-0.2, 0) is 25.3 Å². The van der Waals surface area contributed by atoms with Gasteiger partial charge >= 0.3 is 5.69 Å². The molecule has 2 aromatic rings. The summed E-state index contributed by atoms with van der Waals surface area (Å²) in [6.07, 6.45) is 1.78. The third-order valence-electron chi connectivity index (χ3n) is 4.00. The Morgan fingerprint density at radius 1 is 1.33 bits per heavy atom. The van der Waals surface area contributed by atoms with Gasteiger partial charge in [-0.25, -0.2) is 4.79 Å². The Morgan fingerprint density at radius 3 is 2.83 bits per heavy atom. The molecule has 1 unspecified atom stereocenters. The van der Waals surface area contributed by atoms with Crippen LogP contribution >= 0.6 is 11.6 Å². The van der Waals surface area contributed by atoms with E-state index in [-0.39, 0.29) is 18.2 Å². The maximum Gasteiger partial charge on any atom is 0.330 e. The van der Waals surface area contributed by atoms with Gasteiger partial charge in [0.05, 0.1) is 5.92 Å². The number of rotatable bonds is 2. The van der Waals surface area contributed by atoms with E-state index in [0.29, 0.717) is 17.2 Å². The van der Waals surface area contributed by atoms with Crippen LogP contribution < -0.4 is 21.3 Å². The van der Waals surface area contributed by atoms with E-state index in [2.05, 4.69) is 5.32 Å². The van der Waals surface area contributed by atoms with E-state index in [9.17, 15) is 14.4 Å². The molecule has 0 aliphatic carbocycles. The maximum atomic E-state index is 12.5. The molecule has 0 saturated heterocycles. The number of fused-ring (bicyclic) bond motifs is 1. The van der Waals surface area contributed by atoms with Crippen molar-refractivity contribution in [2.24, 2.45) is 20.0 Å². The zero-order chi connectivity index (χ0) is 17.4. The monoisotopic (exact) mass is 349 g/mol. The lowest BCUT2D eigenvalue weighted by atomic mass is 9.96. The second-order valence-electron chi connectivity index (χ2n) is 5.75. The average Bonchev–Trinajstić information content (AvgIpc) is 2.57. The van der Waals surface area contributed by atoms with Crippen LogP contribution in [0.2, 0.25) is 5.02 Å². The highest BCUT2D eigenvalue weighted by atomic mass is 35.5. The molecule has 0 bridgehead atoms. The van der Waals surface area contributed by atoms with Crippen LogP contribution in [0, 0.1) is 5.92 Å². The summed E-state index contributed by atoms with van der Waals surface area (Å²) in [4.78, 5) is 36.2. The summed E-state index contributed by atoms with van der Waals surface area (Å²) >= 11 is 5.97. The van der Waals surface area contributed by atoms with Crippen LogP contribution in [0.25, 0.3) is 0 Å². The number of amides is 1. The first-order valence-corrected chi connectivity index (χ1v) is 7.73. The van der Waals surface area contributed by atoms with Crippen LogP contribution in [0.5, 0.6) is 5.75 Å². The average molecular weight is 350 g/mol. The topological polar surface area (TPSA) is 82.3 Å². The van der Waals surface area contributed by atoms with Gasteiger partial charge in [0.1, 0.15) is 18.0 Å². The SMILES string of the molecule is Cn1cc(NC(=O)C2COc3ccc(Cl)cc3C2)c(=O)n(C)c1=O. The highest BCUT2D eigenvalue weighted by Crippen LogP contribution is 2.30. The fraction of sp³-hybridized carbons (Fsp3) is 0.312. The zero-order valence-corrected chi connectivity index (χ0v) is 14.0. The van der Waals surface area contributed by atoms with Crippen LogP contribution in [0.4, 0.5) is 5.69 Å². The van der Waals surface area contributed by atoms with E-state index in [1.54, 1.807) is 18.2 Å². The summed E-state index contributed by atoms with van der Waals surface area (Å²) in [5.41, 5.74) is -0.0991. The van der Waals surface area contributed by atoms with E-state index in [4.69, 9.17) is 16.3 Å². The van der Waals surface area contributed by atoms with Gasteiger partial charge in [0, 0.05) is 25.3 Å². The number of aryl methyl sites for hydroxylation is 1. The van der Waals surface area contributed by atoms with Gasteiger partial charge in [-0.1, -0.05) is 11.6 Å². The van der Waals surface area contributed by atoms with Gasteiger partial charge in [0.2, 0.25) is 5.91 Å². The lowest BCUT2D eigenvalue weighted by Gasteiger charge is -2.24. The Hall–Kier alpha value is -2.54. The van der Waals surface area contributed by atoms with E-state index < -0.39 is 17.2 Å². The molecule has 1 amide bonds. The molecule has 3 rings (SSSR count). The fourth-order valence-corrected chi connectivity index (χ4v) is 2.85. The molecule has 24 heavy (non-hydrogen) atoms. The molecule has 0 saturated carbocycles. The largest absolute Gasteiger partial charge is 0.492 e. The summed E-state index contributed by atoms with van der Waals surface area (Å²) < 4.78 is 7.77. The Labute approximate surface area is 142 Å². The molecule has 2 heterocycles. The Morgan fingerprint density at radius 2 is 2.08 bits per heavy atom. The smallest absolute Gasteiger partial charge is 0.330 e. The maximum absolute atomic E-state index is 12.5. The van der Waals surface area contributed by atoms with Gasteiger partial charge < -0.3 is 14.6 Å². The molecule has 1 aromatic heterocycles. The van der Waals surface area contributed by atoms with Crippen molar-refractivity contribution in [2.45, 2.75) is 6.42 Å². The van der Waals surface area contributed by atoms with Crippen molar-refractivity contribution in [1.82, 2.24) is 9.13 Å². The lowest BCUT2D eigenvalue weighted by Crippen LogP contribution is -2.40. The molecule has 1 aliphatic rings. The van der Waals surface area contributed by atoms with Crippen molar-refractivity contribution < 1.29 is 9.53 Å². The second kappa shape index (κ2) is 6.16. The predicted octanol–water partition coefficient (Wildman–Crippen LogP) is 0.927. The van der Waals surface area contributed by atoms with E-state index >= 15 is 0 Å². The molecule has 1 atom stereocenters. The molecule has 0 radical (unpaired) electrons. The number of carbonyl (C=O) groups excluding carboxylic acids is 1. The number of anilines is 1. The Balaban J connectivity index is 1.82. The van der Waals surface area contributed by atoms with Crippen molar-refractivity contribution >= 4 is 23.2 Å². The summed E-state index contributed by atoms with van der Waals surface area (Å²) in [6, 6.07) is 5.27. The van der Waals surface area contributed by atoms with Crippen molar-refractivity contribution in [3.8, 4) is 5.75 Å². The number of ether oxygens (including phenoxy) is 1. The third kappa shape index (κ3) is 2.94. The molecule has 126 valence electrons. The number of hydrogen-bond acceptors (Lipinski definition) is 4. The standard InChI is InChI=1S/C16H16ClN3O4/c1-19-7-12(15(22)20(2)16(19)23)18-14(21)10-5-9-6-11(17)3-4-13(9)24-8-10/h3-4,6-7,10H,5,8H2,1-2H3,(H,18,21). The summed E-state index contributed by atoms with van der Waals surface area (Å²) in [5, 5.41) is 3.16. The third-order valence-corrected chi connectivity index (χ3v) is 4.24. The Bertz CT molecular complexity index is 932. The van der Waals surface area contributed by atoms with Gasteiger partial charge in [-0.2, -0.15) is 0 Å². The first-order chi connectivity index (χ1) is 11.4. The number of nitrogens with zero attached hydrogens (tertiary/aromatic N) is 2. The lowest BCUT2D eigenvalue weighted by molar-refractivity contribution is -0.121. The predicted molar refractivity (Wildman–Crippen MR) is 89.7 cm³/mol. The fourth-order valence-electron chi connectivity index (χ4n) is 2.66. The van der Waals surface area contributed by atoms with Gasteiger partial charge in [-0.3, -0.25) is 14.2 Å². The Kier molecular flexibility index (Phi) is 4.19. The molecule has 7 nitrogen and oxygen atoms in total. The molecular formula is C16H16ClN3O4. The number of aromatic nitrogens is 2. The molecule has 0 spiro atoms. The number of halogens is 1. The highest BCUT2D eigenvalue weighted by Gasteiger charge is 2.27. The van der Waals surface area contributed by atoms with Crippen LogP contribution in [0.15, 0.2) is 34.0 Å². The molecule has 0 fully saturated rings. The number of carbonyl (C=O) groups is 1. The van der Waals surface area contributed by atoms with Crippen molar-refractivity contribution in [1.29, 1.82) is 0 Å². The summed E-state index contributed by atoms with van der Waals surface area (Å²) in [7, 11) is 2.88. The van der Waals surface area contributed by atoms with Gasteiger partial charge in [-0.15, -0.1) is 0 Å². The van der Waals surface area contributed by atoms with Gasteiger partial charge in [-0.05, 0) is 30.2 Å². The van der Waals surface area contributed by atoms with Crippen molar-refractivity contribution in [2.75, 3.05) is 11.9 Å². The minimum absolute atomic E-state index is 0.0569. The number of hydrogen-bond donors (Lipinski definition) is 1. The van der Waals surface area contributed by atoms with Crippen LogP contribution in [0.1, 0.15) is 5.56 Å². The van der Waals surface area contributed by atoms with E-state index in [1.165, 1.54) is 24.9 Å². The number of benzene rings is 1. The minimum Gasteiger partial charge on any atom is -0.492 e.